The van der Waals surface area contributed by atoms with Crippen LogP contribution in [0.25, 0.3) is 0 Å². The first-order valence-corrected chi connectivity index (χ1v) is 11.0. The van der Waals surface area contributed by atoms with E-state index in [-0.39, 0.29) is 0 Å². The van der Waals surface area contributed by atoms with Gasteiger partial charge in [0, 0.05) is 11.8 Å². The minimum Gasteiger partial charge on any atom is -0.406 e. The minimum atomic E-state index is -4.96. The molecule has 2 N–H and O–H groups in total. The number of benzene rings is 2. The number of aryl methyl sites for hydroxylation is 2. The third-order valence-electron chi connectivity index (χ3n) is 5.29. The largest absolute Gasteiger partial charge is 0.573 e. The summed E-state index contributed by atoms with van der Waals surface area (Å²) in [5, 5.41) is 2.68. The van der Waals surface area contributed by atoms with E-state index in [1.165, 1.54) is 11.1 Å². The Morgan fingerprint density at radius 2 is 1.60 bits per heavy atom. The van der Waals surface area contributed by atoms with Crippen LogP contribution >= 0.6 is 0 Å². The van der Waals surface area contributed by atoms with Crippen molar-refractivity contribution in [2.24, 2.45) is 0 Å². The average Bonchev–Trinajstić information content (AvgIpc) is 3.29. The Balaban J connectivity index is 1.55. The Morgan fingerprint density at radius 1 is 0.967 bits per heavy atom. The summed E-state index contributed by atoms with van der Waals surface area (Å²) in [5.41, 5.74) is 5.07. The monoisotopic (exact) mass is 440 g/mol. The number of fused-ring (bicyclic) bond motifs is 2. The van der Waals surface area contributed by atoms with Crippen LogP contribution in [0.1, 0.15) is 35.1 Å². The Kier molecular flexibility index (Phi) is 5.13. The number of ether oxygens (including phenoxy) is 1. The lowest BCUT2D eigenvalue weighted by Crippen LogP contribution is -2.35. The Bertz CT molecular complexity index is 1080. The topological polar surface area (TPSA) is 84.5 Å². The van der Waals surface area contributed by atoms with Crippen LogP contribution in [0.5, 0.6) is 5.75 Å². The van der Waals surface area contributed by atoms with E-state index in [2.05, 4.69) is 16.1 Å². The number of nitrogens with one attached hydrogen (secondary N) is 2. The van der Waals surface area contributed by atoms with Crippen LogP contribution in [-0.2, 0) is 35.7 Å². The molecule has 4 rings (SSSR count). The predicted octanol–water partition coefficient (Wildman–Crippen LogP) is 4.07. The molecule has 2 aliphatic rings. The molecule has 0 bridgehead atoms. The summed E-state index contributed by atoms with van der Waals surface area (Å²) in [6.07, 6.45) is 0.439. The van der Waals surface area contributed by atoms with Crippen LogP contribution in [0.3, 0.4) is 0 Å². The summed E-state index contributed by atoms with van der Waals surface area (Å²) < 4.78 is 67.8. The normalized spacial score (nSPS) is 15.4. The lowest BCUT2D eigenvalue weighted by molar-refractivity contribution is -0.274. The predicted molar refractivity (Wildman–Crippen MR) is 103 cm³/mol. The number of halogens is 3. The standard InChI is InChI=1S/C20H19F3N2O4S/c21-20(22,23)29-14-6-3-7-15(11-14)30(27,28)25-19(26)24-18-16-8-1-4-12(16)10-13-5-2-9-17(13)18/h3,6-7,10-11H,1-2,4-5,8-9H2,(H2,24,25,26). The number of anilines is 1. The number of sulfonamides is 1. The van der Waals surface area contributed by atoms with Crippen molar-refractivity contribution in [3.05, 3.63) is 52.6 Å². The number of carbonyl (C=O) groups is 1. The summed E-state index contributed by atoms with van der Waals surface area (Å²) in [7, 11) is -4.40. The van der Waals surface area contributed by atoms with Gasteiger partial charge in [-0.05, 0) is 72.9 Å². The van der Waals surface area contributed by atoms with Gasteiger partial charge in [-0.3, -0.25) is 0 Å². The highest BCUT2D eigenvalue weighted by atomic mass is 32.2. The minimum absolute atomic E-state index is 0.511. The van der Waals surface area contributed by atoms with Crippen molar-refractivity contribution in [1.29, 1.82) is 0 Å². The molecule has 10 heteroatoms. The van der Waals surface area contributed by atoms with Gasteiger partial charge >= 0.3 is 12.4 Å². The highest BCUT2D eigenvalue weighted by molar-refractivity contribution is 7.90. The molecule has 0 heterocycles. The lowest BCUT2D eigenvalue weighted by Gasteiger charge is -2.17. The molecule has 30 heavy (non-hydrogen) atoms. The molecule has 0 aliphatic heterocycles. The van der Waals surface area contributed by atoms with E-state index in [0.29, 0.717) is 11.8 Å². The van der Waals surface area contributed by atoms with E-state index in [1.807, 2.05) is 4.72 Å². The van der Waals surface area contributed by atoms with Gasteiger partial charge < -0.3 is 10.1 Å². The summed E-state index contributed by atoms with van der Waals surface area (Å²) in [4.78, 5) is 12.0. The van der Waals surface area contributed by atoms with Crippen molar-refractivity contribution >= 4 is 21.7 Å². The van der Waals surface area contributed by atoms with Crippen molar-refractivity contribution < 1.29 is 31.1 Å². The van der Waals surface area contributed by atoms with Gasteiger partial charge in [0.1, 0.15) is 5.75 Å². The maximum Gasteiger partial charge on any atom is 0.573 e. The number of rotatable bonds is 4. The Hall–Kier alpha value is -2.75. The van der Waals surface area contributed by atoms with Crippen molar-refractivity contribution in [3.63, 3.8) is 0 Å². The summed E-state index contributed by atoms with van der Waals surface area (Å²) in [6.45, 7) is 0. The fraction of sp³-hybridized carbons (Fsp3) is 0.350. The number of alkyl halides is 3. The van der Waals surface area contributed by atoms with E-state index in [0.717, 1.165) is 67.9 Å². The van der Waals surface area contributed by atoms with Gasteiger partial charge in [0.2, 0.25) is 0 Å². The van der Waals surface area contributed by atoms with Crippen molar-refractivity contribution in [2.45, 2.75) is 49.8 Å². The number of urea groups is 1. The van der Waals surface area contributed by atoms with E-state index < -0.39 is 33.1 Å². The highest BCUT2D eigenvalue weighted by Crippen LogP contribution is 2.38. The molecule has 0 aromatic heterocycles. The second kappa shape index (κ2) is 7.50. The summed E-state index contributed by atoms with van der Waals surface area (Å²) >= 11 is 0. The van der Waals surface area contributed by atoms with E-state index in [1.54, 1.807) is 0 Å². The van der Waals surface area contributed by atoms with E-state index in [9.17, 15) is 26.4 Å². The van der Waals surface area contributed by atoms with Crippen LogP contribution in [0.4, 0.5) is 23.7 Å². The van der Waals surface area contributed by atoms with Crippen LogP contribution in [0, 0.1) is 0 Å². The first kappa shape index (κ1) is 20.5. The van der Waals surface area contributed by atoms with E-state index >= 15 is 0 Å². The highest BCUT2D eigenvalue weighted by Gasteiger charge is 2.32. The molecule has 0 saturated carbocycles. The summed E-state index contributed by atoms with van der Waals surface area (Å²) in [6, 6.07) is 5.09. The zero-order valence-corrected chi connectivity index (χ0v) is 16.6. The van der Waals surface area contributed by atoms with Gasteiger partial charge in [0.15, 0.2) is 0 Å². The molecule has 2 aromatic rings. The van der Waals surface area contributed by atoms with Crippen LogP contribution < -0.4 is 14.8 Å². The van der Waals surface area contributed by atoms with E-state index in [4.69, 9.17) is 0 Å². The number of hydrogen-bond donors (Lipinski definition) is 2. The molecule has 0 spiro atoms. The molecule has 160 valence electrons. The van der Waals surface area contributed by atoms with Gasteiger partial charge in [-0.2, -0.15) is 0 Å². The third kappa shape index (κ3) is 4.23. The molecule has 2 aromatic carbocycles. The molecular formula is C20H19F3N2O4S. The van der Waals surface area contributed by atoms with Crippen LogP contribution in [-0.4, -0.2) is 20.8 Å². The van der Waals surface area contributed by atoms with Gasteiger partial charge in [-0.1, -0.05) is 12.1 Å². The fourth-order valence-electron chi connectivity index (χ4n) is 4.13. The molecular weight excluding hydrogens is 421 g/mol. The molecule has 0 unspecified atom stereocenters. The van der Waals surface area contributed by atoms with Gasteiger partial charge in [-0.25, -0.2) is 17.9 Å². The van der Waals surface area contributed by atoms with Gasteiger partial charge in [0.25, 0.3) is 10.0 Å². The number of carbonyl (C=O) groups excluding carboxylic acids is 1. The zero-order chi connectivity index (χ0) is 21.5. The third-order valence-corrected chi connectivity index (χ3v) is 6.62. The second-order valence-electron chi connectivity index (χ2n) is 7.32. The first-order chi connectivity index (χ1) is 14.1. The molecule has 2 aliphatic carbocycles. The second-order valence-corrected chi connectivity index (χ2v) is 9.00. The smallest absolute Gasteiger partial charge is 0.406 e. The van der Waals surface area contributed by atoms with Crippen molar-refractivity contribution in [3.8, 4) is 5.75 Å². The molecule has 2 amide bonds. The van der Waals surface area contributed by atoms with Crippen molar-refractivity contribution in [2.75, 3.05) is 5.32 Å². The van der Waals surface area contributed by atoms with Crippen LogP contribution in [0.2, 0.25) is 0 Å². The van der Waals surface area contributed by atoms with Gasteiger partial charge in [-0.15, -0.1) is 13.2 Å². The molecule has 0 fully saturated rings. The first-order valence-electron chi connectivity index (χ1n) is 9.48. The maximum absolute atomic E-state index is 12.5. The quantitative estimate of drug-likeness (QED) is 0.751. The SMILES string of the molecule is O=C(Nc1c2c(cc3c1CCC3)CCC2)NS(=O)(=O)c1cccc(OC(F)(F)F)c1. The lowest BCUT2D eigenvalue weighted by atomic mass is 9.99. The molecule has 0 radical (unpaired) electrons. The molecule has 6 nitrogen and oxygen atoms in total. The van der Waals surface area contributed by atoms with Gasteiger partial charge in [0.05, 0.1) is 4.90 Å². The van der Waals surface area contributed by atoms with Crippen molar-refractivity contribution in [1.82, 2.24) is 4.72 Å². The summed E-state index contributed by atoms with van der Waals surface area (Å²) in [5.74, 6) is -0.690. The maximum atomic E-state index is 12.5. The number of hydrogen-bond acceptors (Lipinski definition) is 4. The Morgan fingerprint density at radius 3 is 2.20 bits per heavy atom. The average molecular weight is 440 g/mol. The number of amides is 2. The fourth-order valence-corrected chi connectivity index (χ4v) is 5.07. The molecule has 0 saturated heterocycles. The molecule has 0 atom stereocenters. The van der Waals surface area contributed by atoms with Crippen LogP contribution in [0.15, 0.2) is 35.2 Å². The Labute approximate surface area is 171 Å². The zero-order valence-electron chi connectivity index (χ0n) is 15.8.